The maximum Gasteiger partial charge on any atom is 0.253 e. The van der Waals surface area contributed by atoms with E-state index in [1.54, 1.807) is 0 Å². The molecule has 3 heteroatoms. The molecule has 0 spiro atoms. The Morgan fingerprint density at radius 2 is 1.71 bits per heavy atom. The molecule has 1 aromatic rings. The third kappa shape index (κ3) is 3.65. The van der Waals surface area contributed by atoms with Crippen LogP contribution in [0.15, 0.2) is 24.3 Å². The summed E-state index contributed by atoms with van der Waals surface area (Å²) in [6.45, 7) is 3.62. The first-order valence-electron chi connectivity index (χ1n) is 8.44. The van der Waals surface area contributed by atoms with Crippen molar-refractivity contribution in [2.75, 3.05) is 26.2 Å². The van der Waals surface area contributed by atoms with Crippen molar-refractivity contribution in [2.45, 2.75) is 44.4 Å². The summed E-state index contributed by atoms with van der Waals surface area (Å²) in [6.07, 6.45) is 7.76. The molecule has 0 aromatic heterocycles. The fraction of sp³-hybridized carbons (Fsp3) is 0.611. The van der Waals surface area contributed by atoms with Gasteiger partial charge in [0.15, 0.2) is 0 Å². The van der Waals surface area contributed by atoms with E-state index in [0.717, 1.165) is 38.2 Å². The van der Waals surface area contributed by atoms with E-state index >= 15 is 0 Å². The number of carbonyl (C=O) groups excluding carboxylic acids is 1. The van der Waals surface area contributed by atoms with Gasteiger partial charge in [-0.1, -0.05) is 31.4 Å². The van der Waals surface area contributed by atoms with Gasteiger partial charge in [0, 0.05) is 25.2 Å². The molecule has 2 fully saturated rings. The van der Waals surface area contributed by atoms with Crippen LogP contribution in [0.1, 0.15) is 60.4 Å². The fourth-order valence-corrected chi connectivity index (χ4v) is 3.57. The molecule has 0 radical (unpaired) electrons. The normalized spacial score (nSPS) is 21.0. The molecule has 1 aromatic carbocycles. The van der Waals surface area contributed by atoms with Crippen molar-refractivity contribution >= 4 is 5.91 Å². The molecule has 114 valence electrons. The molecule has 1 saturated carbocycles. The topological polar surface area (TPSA) is 32.3 Å². The van der Waals surface area contributed by atoms with Crippen LogP contribution in [0.3, 0.4) is 0 Å². The highest BCUT2D eigenvalue weighted by Crippen LogP contribution is 2.32. The SMILES string of the molecule is O=C(c1ccc(C2CCCCC2)cc1)N1CCCNCC1. The molecular weight excluding hydrogens is 260 g/mol. The highest BCUT2D eigenvalue weighted by atomic mass is 16.2. The van der Waals surface area contributed by atoms with Crippen LogP contribution in [-0.4, -0.2) is 37.0 Å². The zero-order valence-electron chi connectivity index (χ0n) is 12.8. The second-order valence-corrected chi connectivity index (χ2v) is 6.35. The van der Waals surface area contributed by atoms with Gasteiger partial charge >= 0.3 is 0 Å². The largest absolute Gasteiger partial charge is 0.337 e. The number of hydrogen-bond acceptors (Lipinski definition) is 2. The molecule has 3 rings (SSSR count). The Balaban J connectivity index is 1.66. The molecule has 1 amide bonds. The molecule has 1 saturated heterocycles. The van der Waals surface area contributed by atoms with Gasteiger partial charge in [0.1, 0.15) is 0 Å². The predicted molar refractivity (Wildman–Crippen MR) is 85.7 cm³/mol. The zero-order chi connectivity index (χ0) is 14.5. The minimum Gasteiger partial charge on any atom is -0.337 e. The van der Waals surface area contributed by atoms with E-state index in [4.69, 9.17) is 0 Å². The van der Waals surface area contributed by atoms with Crippen molar-refractivity contribution < 1.29 is 4.79 Å². The average molecular weight is 286 g/mol. The van der Waals surface area contributed by atoms with Crippen LogP contribution >= 0.6 is 0 Å². The number of nitrogens with zero attached hydrogens (tertiary/aromatic N) is 1. The number of rotatable bonds is 2. The number of amides is 1. The number of nitrogens with one attached hydrogen (secondary N) is 1. The van der Waals surface area contributed by atoms with E-state index in [2.05, 4.69) is 17.4 Å². The Labute approximate surface area is 127 Å². The minimum absolute atomic E-state index is 0.189. The van der Waals surface area contributed by atoms with E-state index in [-0.39, 0.29) is 5.91 Å². The quantitative estimate of drug-likeness (QED) is 0.905. The summed E-state index contributed by atoms with van der Waals surface area (Å²) >= 11 is 0. The van der Waals surface area contributed by atoms with Crippen molar-refractivity contribution in [3.63, 3.8) is 0 Å². The molecular formula is C18H26N2O. The van der Waals surface area contributed by atoms with E-state index < -0.39 is 0 Å². The van der Waals surface area contributed by atoms with Crippen molar-refractivity contribution in [2.24, 2.45) is 0 Å². The van der Waals surface area contributed by atoms with Gasteiger partial charge in [-0.25, -0.2) is 0 Å². The van der Waals surface area contributed by atoms with Crippen LogP contribution in [-0.2, 0) is 0 Å². The van der Waals surface area contributed by atoms with Gasteiger partial charge in [-0.3, -0.25) is 4.79 Å². The standard InChI is InChI=1S/C18H26N2O/c21-18(20-13-4-11-19-12-14-20)17-9-7-16(8-10-17)15-5-2-1-3-6-15/h7-10,15,19H,1-6,11-14H2. The predicted octanol–water partition coefficient (Wildman–Crippen LogP) is 3.17. The lowest BCUT2D eigenvalue weighted by Crippen LogP contribution is -2.34. The average Bonchev–Trinajstić information content (AvgIpc) is 2.84. The van der Waals surface area contributed by atoms with E-state index in [1.807, 2.05) is 17.0 Å². The summed E-state index contributed by atoms with van der Waals surface area (Å²) in [5.41, 5.74) is 2.26. The maximum atomic E-state index is 12.5. The molecule has 1 aliphatic heterocycles. The highest BCUT2D eigenvalue weighted by Gasteiger charge is 2.19. The molecule has 0 unspecified atom stereocenters. The lowest BCUT2D eigenvalue weighted by Gasteiger charge is -2.23. The fourth-order valence-electron chi connectivity index (χ4n) is 3.57. The first-order chi connectivity index (χ1) is 10.3. The van der Waals surface area contributed by atoms with Crippen molar-refractivity contribution in [1.82, 2.24) is 10.2 Å². The number of benzene rings is 1. The van der Waals surface area contributed by atoms with Crippen LogP contribution in [0.4, 0.5) is 0 Å². The van der Waals surface area contributed by atoms with Crippen LogP contribution in [0.2, 0.25) is 0 Å². The van der Waals surface area contributed by atoms with Crippen LogP contribution < -0.4 is 5.32 Å². The second kappa shape index (κ2) is 7.08. The van der Waals surface area contributed by atoms with Gasteiger partial charge in [-0.2, -0.15) is 0 Å². The smallest absolute Gasteiger partial charge is 0.253 e. The van der Waals surface area contributed by atoms with Gasteiger partial charge in [0.25, 0.3) is 5.91 Å². The summed E-state index contributed by atoms with van der Waals surface area (Å²) in [5, 5.41) is 3.34. The lowest BCUT2D eigenvalue weighted by molar-refractivity contribution is 0.0766. The number of carbonyl (C=O) groups is 1. The Kier molecular flexibility index (Phi) is 4.91. The van der Waals surface area contributed by atoms with Crippen LogP contribution in [0.5, 0.6) is 0 Å². The third-order valence-electron chi connectivity index (χ3n) is 4.86. The molecule has 1 aliphatic carbocycles. The zero-order valence-corrected chi connectivity index (χ0v) is 12.8. The lowest BCUT2D eigenvalue weighted by atomic mass is 9.84. The number of hydrogen-bond donors (Lipinski definition) is 1. The van der Waals surface area contributed by atoms with Crippen molar-refractivity contribution in [1.29, 1.82) is 0 Å². The van der Waals surface area contributed by atoms with Gasteiger partial charge in [-0.05, 0) is 49.4 Å². The van der Waals surface area contributed by atoms with Crippen LogP contribution in [0.25, 0.3) is 0 Å². The van der Waals surface area contributed by atoms with Gasteiger partial charge < -0.3 is 10.2 Å². The summed E-state index contributed by atoms with van der Waals surface area (Å²) in [5.74, 6) is 0.902. The first kappa shape index (κ1) is 14.6. The van der Waals surface area contributed by atoms with Crippen LogP contribution in [0, 0.1) is 0 Å². The van der Waals surface area contributed by atoms with E-state index in [0.29, 0.717) is 5.92 Å². The first-order valence-corrected chi connectivity index (χ1v) is 8.44. The molecule has 1 heterocycles. The molecule has 2 aliphatic rings. The van der Waals surface area contributed by atoms with Gasteiger partial charge in [-0.15, -0.1) is 0 Å². The van der Waals surface area contributed by atoms with E-state index in [9.17, 15) is 4.79 Å². The second-order valence-electron chi connectivity index (χ2n) is 6.35. The summed E-state index contributed by atoms with van der Waals surface area (Å²) in [7, 11) is 0. The molecule has 21 heavy (non-hydrogen) atoms. The summed E-state index contributed by atoms with van der Waals surface area (Å²) in [6, 6.07) is 8.42. The molecule has 1 N–H and O–H groups in total. The molecule has 0 atom stereocenters. The minimum atomic E-state index is 0.189. The third-order valence-corrected chi connectivity index (χ3v) is 4.86. The summed E-state index contributed by atoms with van der Waals surface area (Å²) < 4.78 is 0. The molecule has 0 bridgehead atoms. The Bertz CT molecular complexity index is 455. The highest BCUT2D eigenvalue weighted by molar-refractivity contribution is 5.94. The molecule has 3 nitrogen and oxygen atoms in total. The Hall–Kier alpha value is -1.35. The van der Waals surface area contributed by atoms with Crippen molar-refractivity contribution in [3.05, 3.63) is 35.4 Å². The van der Waals surface area contributed by atoms with Gasteiger partial charge in [0.05, 0.1) is 0 Å². The Morgan fingerprint density at radius 1 is 0.952 bits per heavy atom. The Morgan fingerprint density at radius 3 is 2.48 bits per heavy atom. The maximum absolute atomic E-state index is 12.5. The van der Waals surface area contributed by atoms with Crippen molar-refractivity contribution in [3.8, 4) is 0 Å². The van der Waals surface area contributed by atoms with E-state index in [1.165, 1.54) is 37.7 Å². The monoisotopic (exact) mass is 286 g/mol. The van der Waals surface area contributed by atoms with Gasteiger partial charge in [0.2, 0.25) is 0 Å². The summed E-state index contributed by atoms with van der Waals surface area (Å²) in [4.78, 5) is 14.5.